The Labute approximate surface area is 159 Å². The van der Waals surface area contributed by atoms with E-state index >= 15 is 0 Å². The van der Waals surface area contributed by atoms with E-state index in [2.05, 4.69) is 20.8 Å². The van der Waals surface area contributed by atoms with Crippen LogP contribution < -0.4 is 10.6 Å². The molecule has 2 N–H and O–H groups in total. The second-order valence-electron chi connectivity index (χ2n) is 5.44. The van der Waals surface area contributed by atoms with Gasteiger partial charge in [0, 0.05) is 6.54 Å². The molecule has 2 aromatic carbocycles. The highest BCUT2D eigenvalue weighted by Gasteiger charge is 2.18. The Balaban J connectivity index is 1.53. The maximum absolute atomic E-state index is 13.6. The maximum atomic E-state index is 13.6. The van der Waals surface area contributed by atoms with E-state index in [0.717, 1.165) is 5.56 Å². The van der Waals surface area contributed by atoms with Crippen LogP contribution in [0.3, 0.4) is 0 Å². The van der Waals surface area contributed by atoms with Gasteiger partial charge in [0.15, 0.2) is 4.34 Å². The number of amides is 1. The molecule has 1 amide bonds. The summed E-state index contributed by atoms with van der Waals surface area (Å²) in [5.74, 6) is -0.740. The second kappa shape index (κ2) is 8.77. The lowest BCUT2D eigenvalue weighted by Gasteiger charge is -2.10. The predicted molar refractivity (Wildman–Crippen MR) is 104 cm³/mol. The molecular weight excluding hydrogens is 371 g/mol. The molecule has 0 bridgehead atoms. The van der Waals surface area contributed by atoms with E-state index < -0.39 is 11.1 Å². The van der Waals surface area contributed by atoms with E-state index in [9.17, 15) is 9.18 Å². The van der Waals surface area contributed by atoms with Crippen molar-refractivity contribution in [3.8, 4) is 0 Å². The number of carbonyl (C=O) groups is 1. The van der Waals surface area contributed by atoms with Gasteiger partial charge in [-0.3, -0.25) is 4.79 Å². The highest BCUT2D eigenvalue weighted by atomic mass is 32.2. The lowest BCUT2D eigenvalue weighted by Crippen LogP contribution is -2.22. The zero-order valence-electron chi connectivity index (χ0n) is 14.0. The van der Waals surface area contributed by atoms with Gasteiger partial charge in [0.1, 0.15) is 5.82 Å². The molecule has 26 heavy (non-hydrogen) atoms. The molecule has 0 unspecified atom stereocenters. The van der Waals surface area contributed by atoms with Crippen molar-refractivity contribution in [3.05, 3.63) is 66.0 Å². The zero-order chi connectivity index (χ0) is 18.4. The van der Waals surface area contributed by atoms with E-state index in [1.54, 1.807) is 19.1 Å². The third-order valence-electron chi connectivity index (χ3n) is 3.47. The number of nitrogens with zero attached hydrogens (tertiary/aromatic N) is 2. The second-order valence-corrected chi connectivity index (χ2v) is 8.01. The molecule has 134 valence electrons. The average molecular weight is 388 g/mol. The van der Waals surface area contributed by atoms with Crippen LogP contribution in [0.25, 0.3) is 0 Å². The fourth-order valence-corrected chi connectivity index (χ4v) is 4.00. The van der Waals surface area contributed by atoms with E-state index in [1.807, 2.05) is 30.3 Å². The van der Waals surface area contributed by atoms with Crippen molar-refractivity contribution in [1.82, 2.24) is 10.2 Å². The molecule has 0 radical (unpaired) electrons. The van der Waals surface area contributed by atoms with Crippen molar-refractivity contribution < 1.29 is 9.18 Å². The number of halogens is 1. The Morgan fingerprint density at radius 1 is 1.15 bits per heavy atom. The maximum Gasteiger partial charge on any atom is 0.237 e. The molecule has 0 spiro atoms. The Morgan fingerprint density at radius 2 is 1.88 bits per heavy atom. The highest BCUT2D eigenvalue weighted by molar-refractivity contribution is 8.02. The summed E-state index contributed by atoms with van der Waals surface area (Å²) in [4.78, 5) is 12.2. The SMILES string of the molecule is C[C@H](Sc1nnc(NCc2ccccc2)s1)C(=O)Nc1ccccc1F. The summed E-state index contributed by atoms with van der Waals surface area (Å²) in [5, 5.41) is 14.2. The van der Waals surface area contributed by atoms with E-state index in [-0.39, 0.29) is 11.6 Å². The number of hydrogen-bond donors (Lipinski definition) is 2. The highest BCUT2D eigenvalue weighted by Crippen LogP contribution is 2.29. The van der Waals surface area contributed by atoms with Gasteiger partial charge in [-0.05, 0) is 24.6 Å². The number of rotatable bonds is 7. The molecule has 0 aliphatic rings. The van der Waals surface area contributed by atoms with Gasteiger partial charge < -0.3 is 10.6 Å². The fourth-order valence-electron chi connectivity index (χ4n) is 2.10. The molecule has 3 aromatic rings. The minimum Gasteiger partial charge on any atom is -0.356 e. The van der Waals surface area contributed by atoms with Crippen molar-refractivity contribution in [2.75, 3.05) is 10.6 Å². The van der Waals surface area contributed by atoms with Crippen molar-refractivity contribution in [2.24, 2.45) is 0 Å². The number of hydrogen-bond acceptors (Lipinski definition) is 6. The quantitative estimate of drug-likeness (QED) is 0.587. The van der Waals surface area contributed by atoms with Gasteiger partial charge >= 0.3 is 0 Å². The molecule has 1 atom stereocenters. The van der Waals surface area contributed by atoms with Crippen molar-refractivity contribution in [2.45, 2.75) is 23.1 Å². The van der Waals surface area contributed by atoms with Crippen LogP contribution in [0.2, 0.25) is 0 Å². The Morgan fingerprint density at radius 3 is 2.65 bits per heavy atom. The average Bonchev–Trinajstić information content (AvgIpc) is 3.10. The van der Waals surface area contributed by atoms with Gasteiger partial charge in [-0.25, -0.2) is 4.39 Å². The van der Waals surface area contributed by atoms with Crippen LogP contribution in [0, 0.1) is 5.82 Å². The fraction of sp³-hybridized carbons (Fsp3) is 0.167. The van der Waals surface area contributed by atoms with Crippen LogP contribution in [0.5, 0.6) is 0 Å². The molecule has 1 aromatic heterocycles. The molecule has 1 heterocycles. The summed E-state index contributed by atoms with van der Waals surface area (Å²) in [5.41, 5.74) is 1.32. The summed E-state index contributed by atoms with van der Waals surface area (Å²) >= 11 is 2.67. The number of nitrogens with one attached hydrogen (secondary N) is 2. The van der Waals surface area contributed by atoms with Crippen LogP contribution in [0.1, 0.15) is 12.5 Å². The number of thioether (sulfide) groups is 1. The lowest BCUT2D eigenvalue weighted by atomic mass is 10.2. The number of para-hydroxylation sites is 1. The Bertz CT molecular complexity index is 872. The van der Waals surface area contributed by atoms with E-state index in [4.69, 9.17) is 0 Å². The molecular formula is C18H17FN4OS2. The molecule has 0 saturated heterocycles. The van der Waals surface area contributed by atoms with Gasteiger partial charge in [0.2, 0.25) is 11.0 Å². The Hall–Kier alpha value is -2.45. The summed E-state index contributed by atoms with van der Waals surface area (Å²) < 4.78 is 14.3. The smallest absolute Gasteiger partial charge is 0.237 e. The van der Waals surface area contributed by atoms with Gasteiger partial charge in [0.25, 0.3) is 0 Å². The molecule has 8 heteroatoms. The molecule has 5 nitrogen and oxygen atoms in total. The van der Waals surface area contributed by atoms with E-state index in [1.165, 1.54) is 35.2 Å². The van der Waals surface area contributed by atoms with E-state index in [0.29, 0.717) is 16.0 Å². The summed E-state index contributed by atoms with van der Waals surface area (Å²) in [6, 6.07) is 16.1. The third-order valence-corrected chi connectivity index (χ3v) is 5.54. The van der Waals surface area contributed by atoms with Gasteiger partial charge in [-0.1, -0.05) is 65.6 Å². The number of anilines is 2. The molecule has 0 aliphatic carbocycles. The first kappa shape index (κ1) is 18.3. The molecule has 0 fully saturated rings. The number of benzene rings is 2. The van der Waals surface area contributed by atoms with Gasteiger partial charge in [-0.15, -0.1) is 10.2 Å². The molecule has 0 aliphatic heterocycles. The van der Waals surface area contributed by atoms with Crippen LogP contribution in [0.15, 0.2) is 58.9 Å². The van der Waals surface area contributed by atoms with Gasteiger partial charge in [-0.2, -0.15) is 0 Å². The minimum atomic E-state index is -0.457. The normalized spacial score (nSPS) is 11.8. The van der Waals surface area contributed by atoms with Crippen LogP contribution in [-0.4, -0.2) is 21.4 Å². The van der Waals surface area contributed by atoms with Crippen LogP contribution in [-0.2, 0) is 11.3 Å². The van der Waals surface area contributed by atoms with Crippen molar-refractivity contribution in [3.63, 3.8) is 0 Å². The van der Waals surface area contributed by atoms with Crippen LogP contribution >= 0.6 is 23.1 Å². The number of carbonyl (C=O) groups excluding carboxylic acids is 1. The summed E-state index contributed by atoms with van der Waals surface area (Å²) in [6.45, 7) is 2.41. The topological polar surface area (TPSA) is 66.9 Å². The van der Waals surface area contributed by atoms with Crippen molar-refractivity contribution >= 4 is 39.8 Å². The largest absolute Gasteiger partial charge is 0.356 e. The first-order valence-electron chi connectivity index (χ1n) is 7.95. The standard InChI is InChI=1S/C18H17FN4OS2/c1-12(16(24)21-15-10-6-5-9-14(15)19)25-18-23-22-17(26-18)20-11-13-7-3-2-4-8-13/h2-10,12H,11H2,1H3,(H,20,22)(H,21,24)/t12-/m0/s1. The number of aromatic nitrogens is 2. The monoisotopic (exact) mass is 388 g/mol. The predicted octanol–water partition coefficient (Wildman–Crippen LogP) is 4.41. The molecule has 0 saturated carbocycles. The van der Waals surface area contributed by atoms with Crippen molar-refractivity contribution in [1.29, 1.82) is 0 Å². The minimum absolute atomic E-state index is 0.174. The van der Waals surface area contributed by atoms with Gasteiger partial charge in [0.05, 0.1) is 10.9 Å². The zero-order valence-corrected chi connectivity index (χ0v) is 15.6. The third kappa shape index (κ3) is 5.03. The molecule has 3 rings (SSSR count). The summed E-state index contributed by atoms with van der Waals surface area (Å²) in [6.07, 6.45) is 0. The first-order chi connectivity index (χ1) is 12.6. The van der Waals surface area contributed by atoms with Crippen LogP contribution in [0.4, 0.5) is 15.2 Å². The Kier molecular flexibility index (Phi) is 6.19. The first-order valence-corrected chi connectivity index (χ1v) is 9.65. The lowest BCUT2D eigenvalue weighted by molar-refractivity contribution is -0.115. The summed E-state index contributed by atoms with van der Waals surface area (Å²) in [7, 11) is 0.